The van der Waals surface area contributed by atoms with Gasteiger partial charge in [0.25, 0.3) is 6.47 Å². The minimum absolute atomic E-state index is 0.201. The average molecular weight is 449 g/mol. The Hall–Kier alpha value is -3.03. The quantitative estimate of drug-likeness (QED) is 0.404. The Balaban J connectivity index is 1.49. The van der Waals surface area contributed by atoms with Gasteiger partial charge in [0.15, 0.2) is 12.4 Å². The maximum atomic E-state index is 11.2. The maximum absolute atomic E-state index is 11.2. The van der Waals surface area contributed by atoms with E-state index < -0.39 is 24.6 Å². The zero-order valence-corrected chi connectivity index (χ0v) is 18.3. The predicted octanol–water partition coefficient (Wildman–Crippen LogP) is 4.44. The Labute approximate surface area is 194 Å². The van der Waals surface area contributed by atoms with Gasteiger partial charge < -0.3 is 23.7 Å². The molecule has 1 aliphatic rings. The van der Waals surface area contributed by atoms with Crippen molar-refractivity contribution in [2.45, 2.75) is 37.8 Å². The lowest BCUT2D eigenvalue weighted by molar-refractivity contribution is -0.286. The molecule has 0 aromatic heterocycles. The lowest BCUT2D eigenvalue weighted by atomic mass is 10.1. The van der Waals surface area contributed by atoms with Crippen molar-refractivity contribution < 1.29 is 28.5 Å². The van der Waals surface area contributed by atoms with Gasteiger partial charge in [0.1, 0.15) is 12.2 Å². The summed E-state index contributed by atoms with van der Waals surface area (Å²) in [6, 6.07) is 29.5. The molecule has 0 saturated carbocycles. The minimum Gasteiger partial charge on any atom is -0.459 e. The fourth-order valence-electron chi connectivity index (χ4n) is 3.73. The summed E-state index contributed by atoms with van der Waals surface area (Å²) in [5.74, 6) is 0. The second-order valence-electron chi connectivity index (χ2n) is 7.78. The van der Waals surface area contributed by atoms with Crippen molar-refractivity contribution in [3.05, 3.63) is 108 Å². The van der Waals surface area contributed by atoms with E-state index >= 15 is 0 Å². The second-order valence-corrected chi connectivity index (χ2v) is 7.78. The number of carbonyl (C=O) groups is 1. The molecule has 0 N–H and O–H groups in total. The van der Waals surface area contributed by atoms with E-state index in [1.165, 1.54) is 0 Å². The number of rotatable bonds is 11. The molecule has 6 nitrogen and oxygen atoms in total. The van der Waals surface area contributed by atoms with Crippen LogP contribution >= 0.6 is 0 Å². The van der Waals surface area contributed by atoms with Gasteiger partial charge in [0.05, 0.1) is 26.4 Å². The number of hydrogen-bond donors (Lipinski definition) is 0. The van der Waals surface area contributed by atoms with E-state index in [-0.39, 0.29) is 13.2 Å². The van der Waals surface area contributed by atoms with Crippen molar-refractivity contribution in [2.24, 2.45) is 0 Å². The number of hydrogen-bond acceptors (Lipinski definition) is 6. The lowest BCUT2D eigenvalue weighted by Crippen LogP contribution is -2.51. The molecular formula is C27H28O6. The molecule has 0 bridgehead atoms. The number of ether oxygens (including phenoxy) is 5. The maximum Gasteiger partial charge on any atom is 0.293 e. The van der Waals surface area contributed by atoms with E-state index in [1.807, 2.05) is 91.0 Å². The Morgan fingerprint density at radius 3 is 2.09 bits per heavy atom. The first-order chi connectivity index (χ1) is 16.3. The van der Waals surface area contributed by atoms with Crippen molar-refractivity contribution in [2.75, 3.05) is 13.2 Å². The van der Waals surface area contributed by atoms with Crippen molar-refractivity contribution >= 4 is 6.47 Å². The first kappa shape index (κ1) is 23.1. The molecule has 0 radical (unpaired) electrons. The van der Waals surface area contributed by atoms with Crippen LogP contribution in [0.4, 0.5) is 0 Å². The molecule has 1 saturated heterocycles. The largest absolute Gasteiger partial charge is 0.459 e. The van der Waals surface area contributed by atoms with Gasteiger partial charge in [0.2, 0.25) is 0 Å². The molecule has 3 aromatic rings. The zero-order valence-electron chi connectivity index (χ0n) is 18.3. The molecule has 1 unspecified atom stereocenters. The average Bonchev–Trinajstić information content (AvgIpc) is 2.88. The van der Waals surface area contributed by atoms with Gasteiger partial charge in [-0.2, -0.15) is 0 Å². The normalized spacial score (nSPS) is 21.3. The summed E-state index contributed by atoms with van der Waals surface area (Å²) in [6.07, 6.45) is -2.23. The highest BCUT2D eigenvalue weighted by Gasteiger charge is 2.40. The smallest absolute Gasteiger partial charge is 0.293 e. The summed E-state index contributed by atoms with van der Waals surface area (Å²) in [4.78, 5) is 11.2. The Kier molecular flexibility index (Phi) is 8.61. The van der Waals surface area contributed by atoms with Crippen molar-refractivity contribution in [3.63, 3.8) is 0 Å². The van der Waals surface area contributed by atoms with Crippen LogP contribution in [0, 0.1) is 0 Å². The van der Waals surface area contributed by atoms with E-state index in [0.717, 1.165) is 16.7 Å². The highest BCUT2D eigenvalue weighted by molar-refractivity contribution is 5.37. The van der Waals surface area contributed by atoms with Crippen molar-refractivity contribution in [3.8, 4) is 0 Å². The van der Waals surface area contributed by atoms with Gasteiger partial charge in [0, 0.05) is 5.56 Å². The minimum atomic E-state index is -0.608. The van der Waals surface area contributed by atoms with Gasteiger partial charge in [-0.3, -0.25) is 4.79 Å². The molecule has 33 heavy (non-hydrogen) atoms. The molecule has 4 atom stereocenters. The van der Waals surface area contributed by atoms with Crippen LogP contribution in [0.1, 0.15) is 23.0 Å². The van der Waals surface area contributed by atoms with E-state index in [0.29, 0.717) is 19.7 Å². The first-order valence-corrected chi connectivity index (χ1v) is 11.0. The predicted molar refractivity (Wildman–Crippen MR) is 122 cm³/mol. The summed E-state index contributed by atoms with van der Waals surface area (Å²) in [5, 5.41) is 0. The summed E-state index contributed by atoms with van der Waals surface area (Å²) in [6.45, 7) is 1.72. The standard InChI is InChI=1S/C27H28O6/c28-20-32-25-19-31-27(23-14-8-3-9-15-23)33-26(25)24(30-17-22-12-6-2-7-13-22)18-29-16-21-10-4-1-5-11-21/h1-15,20,24-27H,16-19H2/t24-,25-,26+,27?/m1/s1. The van der Waals surface area contributed by atoms with Crippen LogP contribution in [0.25, 0.3) is 0 Å². The first-order valence-electron chi connectivity index (χ1n) is 11.0. The van der Waals surface area contributed by atoms with Crippen LogP contribution in [0.5, 0.6) is 0 Å². The highest BCUT2D eigenvalue weighted by atomic mass is 16.7. The van der Waals surface area contributed by atoms with Gasteiger partial charge in [-0.15, -0.1) is 0 Å². The second kappa shape index (κ2) is 12.3. The van der Waals surface area contributed by atoms with Gasteiger partial charge in [-0.25, -0.2) is 0 Å². The molecule has 172 valence electrons. The molecule has 0 amide bonds. The number of carbonyl (C=O) groups excluding carboxylic acids is 1. The highest BCUT2D eigenvalue weighted by Crippen LogP contribution is 2.30. The molecular weight excluding hydrogens is 420 g/mol. The third-order valence-corrected chi connectivity index (χ3v) is 5.43. The molecule has 6 heteroatoms. The summed E-state index contributed by atoms with van der Waals surface area (Å²) >= 11 is 0. The summed E-state index contributed by atoms with van der Waals surface area (Å²) in [5.41, 5.74) is 2.99. The molecule has 1 heterocycles. The van der Waals surface area contributed by atoms with E-state index in [1.54, 1.807) is 0 Å². The fraction of sp³-hybridized carbons (Fsp3) is 0.296. The molecule has 1 fully saturated rings. The Morgan fingerprint density at radius 1 is 0.848 bits per heavy atom. The molecule has 4 rings (SSSR count). The van der Waals surface area contributed by atoms with Crippen LogP contribution in [-0.4, -0.2) is 38.0 Å². The Bertz CT molecular complexity index is 950. The van der Waals surface area contributed by atoms with E-state index in [9.17, 15) is 4.79 Å². The monoisotopic (exact) mass is 448 g/mol. The molecule has 0 aliphatic carbocycles. The molecule has 0 spiro atoms. The van der Waals surface area contributed by atoms with Crippen LogP contribution in [0.3, 0.4) is 0 Å². The summed E-state index contributed by atoms with van der Waals surface area (Å²) in [7, 11) is 0. The van der Waals surface area contributed by atoms with Crippen molar-refractivity contribution in [1.29, 1.82) is 0 Å². The Morgan fingerprint density at radius 2 is 1.45 bits per heavy atom. The van der Waals surface area contributed by atoms with E-state index in [2.05, 4.69) is 0 Å². The third kappa shape index (κ3) is 6.73. The topological polar surface area (TPSA) is 63.2 Å². The SMILES string of the molecule is O=CO[C@@H]1COC(c2ccccc2)O[C@H]1[C@@H](COCc1ccccc1)OCc1ccccc1. The van der Waals surface area contributed by atoms with Crippen LogP contribution in [-0.2, 0) is 41.7 Å². The lowest BCUT2D eigenvalue weighted by Gasteiger charge is -2.39. The van der Waals surface area contributed by atoms with Crippen LogP contribution in [0.2, 0.25) is 0 Å². The van der Waals surface area contributed by atoms with Gasteiger partial charge >= 0.3 is 0 Å². The summed E-state index contributed by atoms with van der Waals surface area (Å²) < 4.78 is 29.7. The molecule has 1 aliphatic heterocycles. The van der Waals surface area contributed by atoms with Crippen LogP contribution in [0.15, 0.2) is 91.0 Å². The van der Waals surface area contributed by atoms with Crippen molar-refractivity contribution in [1.82, 2.24) is 0 Å². The third-order valence-electron chi connectivity index (χ3n) is 5.43. The van der Waals surface area contributed by atoms with E-state index in [4.69, 9.17) is 23.7 Å². The van der Waals surface area contributed by atoms with Crippen LogP contribution < -0.4 is 0 Å². The zero-order chi connectivity index (χ0) is 22.7. The van der Waals surface area contributed by atoms with Gasteiger partial charge in [-0.1, -0.05) is 91.0 Å². The molecule has 3 aromatic carbocycles. The number of benzene rings is 3. The fourth-order valence-corrected chi connectivity index (χ4v) is 3.73. The van der Waals surface area contributed by atoms with Gasteiger partial charge in [-0.05, 0) is 11.1 Å².